The van der Waals surface area contributed by atoms with Crippen molar-refractivity contribution < 1.29 is 38.6 Å². The van der Waals surface area contributed by atoms with E-state index >= 15 is 0 Å². The molecule has 0 saturated carbocycles. The van der Waals surface area contributed by atoms with Crippen LogP contribution in [-0.2, 0) is 28.8 Å². The topological polar surface area (TPSA) is 180 Å². The summed E-state index contributed by atoms with van der Waals surface area (Å²) in [5.41, 5.74) is 0.738. The Morgan fingerprint density at radius 1 is 0.800 bits per heavy atom. The first-order valence-electron chi connectivity index (χ1n) is 12.6. The first kappa shape index (κ1) is 32.1. The lowest BCUT2D eigenvalue weighted by atomic mass is 9.98. The molecule has 0 radical (unpaired) electrons. The monoisotopic (exact) mass is 574 g/mol. The SMILES string of the molecule is CC(=O)SCC(=O)NCC(=O)NCC(=O)NCC(=O)NCCCCOc1ccc2cc([C@H](C)C(=O)O)ccc2c1. The van der Waals surface area contributed by atoms with Gasteiger partial charge in [0.2, 0.25) is 23.6 Å². The van der Waals surface area contributed by atoms with E-state index in [0.717, 1.165) is 28.1 Å². The largest absolute Gasteiger partial charge is 0.494 e. The van der Waals surface area contributed by atoms with E-state index in [-0.39, 0.29) is 36.4 Å². The quantitative estimate of drug-likeness (QED) is 0.182. The summed E-state index contributed by atoms with van der Waals surface area (Å²) in [5, 5.41) is 20.6. The van der Waals surface area contributed by atoms with Crippen LogP contribution in [-0.4, -0.2) is 78.4 Å². The molecule has 4 amide bonds. The Hall–Kier alpha value is -4.13. The van der Waals surface area contributed by atoms with Crippen LogP contribution >= 0.6 is 11.8 Å². The van der Waals surface area contributed by atoms with Gasteiger partial charge < -0.3 is 31.1 Å². The van der Waals surface area contributed by atoms with Crippen LogP contribution in [0.4, 0.5) is 0 Å². The fraction of sp³-hybridized carbons (Fsp3) is 0.407. The minimum absolute atomic E-state index is 0.0887. The van der Waals surface area contributed by atoms with Crippen LogP contribution in [0, 0.1) is 0 Å². The Morgan fingerprint density at radius 2 is 1.38 bits per heavy atom. The number of aliphatic carboxylic acids is 1. The van der Waals surface area contributed by atoms with Crippen LogP contribution in [0.2, 0.25) is 0 Å². The van der Waals surface area contributed by atoms with Crippen molar-refractivity contribution >= 4 is 57.2 Å². The van der Waals surface area contributed by atoms with E-state index in [1.54, 1.807) is 13.0 Å². The number of carboxylic acids is 1. The van der Waals surface area contributed by atoms with Gasteiger partial charge in [-0.15, -0.1) is 0 Å². The number of carbonyl (C=O) groups is 6. The van der Waals surface area contributed by atoms with E-state index in [1.165, 1.54) is 6.92 Å². The second kappa shape index (κ2) is 16.7. The maximum atomic E-state index is 11.9. The number of nitrogens with one attached hydrogen (secondary N) is 4. The van der Waals surface area contributed by atoms with Gasteiger partial charge in [-0.2, -0.15) is 0 Å². The highest BCUT2D eigenvalue weighted by molar-refractivity contribution is 8.14. The van der Waals surface area contributed by atoms with Crippen LogP contribution in [0.3, 0.4) is 0 Å². The molecule has 0 saturated heterocycles. The maximum absolute atomic E-state index is 11.9. The average Bonchev–Trinajstić information content (AvgIpc) is 2.93. The van der Waals surface area contributed by atoms with Crippen molar-refractivity contribution in [3.63, 3.8) is 0 Å². The van der Waals surface area contributed by atoms with Gasteiger partial charge in [0.25, 0.3) is 0 Å². The second-order valence-corrected chi connectivity index (χ2v) is 10.00. The Kier molecular flexibility index (Phi) is 13.4. The fourth-order valence-electron chi connectivity index (χ4n) is 3.33. The summed E-state index contributed by atoms with van der Waals surface area (Å²) in [6.45, 7) is 2.91. The maximum Gasteiger partial charge on any atom is 0.310 e. The smallest absolute Gasteiger partial charge is 0.310 e. The van der Waals surface area contributed by atoms with E-state index < -0.39 is 29.6 Å². The molecule has 0 unspecified atom stereocenters. The summed E-state index contributed by atoms with van der Waals surface area (Å²) in [7, 11) is 0. The number of carboxylic acid groups (broad SMARTS) is 1. The average molecular weight is 575 g/mol. The van der Waals surface area contributed by atoms with Gasteiger partial charge in [-0.1, -0.05) is 36.0 Å². The molecule has 2 aromatic carbocycles. The third kappa shape index (κ3) is 12.2. The number of thioether (sulfide) groups is 1. The first-order valence-corrected chi connectivity index (χ1v) is 13.6. The lowest BCUT2D eigenvalue weighted by Crippen LogP contribution is -2.44. The fourth-order valence-corrected chi connectivity index (χ4v) is 3.77. The lowest BCUT2D eigenvalue weighted by molar-refractivity contribution is -0.138. The predicted octanol–water partition coefficient (Wildman–Crippen LogP) is 0.931. The molecule has 2 aromatic rings. The predicted molar refractivity (Wildman–Crippen MR) is 150 cm³/mol. The van der Waals surface area contributed by atoms with E-state index in [1.807, 2.05) is 30.3 Å². The Bertz CT molecular complexity index is 1240. The highest BCUT2D eigenvalue weighted by Crippen LogP contribution is 2.25. The number of hydrogen-bond acceptors (Lipinski definition) is 8. The van der Waals surface area contributed by atoms with Crippen molar-refractivity contribution in [2.24, 2.45) is 0 Å². The summed E-state index contributed by atoms with van der Waals surface area (Å²) in [6, 6.07) is 11.1. The van der Waals surface area contributed by atoms with Crippen LogP contribution in [0.25, 0.3) is 10.8 Å². The number of ether oxygens (including phenoxy) is 1. The van der Waals surface area contributed by atoms with Crippen molar-refractivity contribution in [1.29, 1.82) is 0 Å². The van der Waals surface area contributed by atoms with Crippen LogP contribution < -0.4 is 26.0 Å². The van der Waals surface area contributed by atoms with Crippen molar-refractivity contribution in [3.05, 3.63) is 42.0 Å². The van der Waals surface area contributed by atoms with E-state index in [0.29, 0.717) is 31.7 Å². The van der Waals surface area contributed by atoms with Gasteiger partial charge in [0, 0.05) is 13.5 Å². The molecule has 2 rings (SSSR count). The van der Waals surface area contributed by atoms with Crippen molar-refractivity contribution in [2.45, 2.75) is 32.6 Å². The van der Waals surface area contributed by atoms with Crippen LogP contribution in [0.15, 0.2) is 36.4 Å². The first-order chi connectivity index (χ1) is 19.0. The molecule has 0 aliphatic carbocycles. The molecule has 12 nitrogen and oxygen atoms in total. The van der Waals surface area contributed by atoms with Crippen molar-refractivity contribution in [2.75, 3.05) is 38.5 Å². The number of rotatable bonds is 16. The molecule has 0 aliphatic rings. The van der Waals surface area contributed by atoms with Crippen LogP contribution in [0.5, 0.6) is 5.75 Å². The van der Waals surface area contributed by atoms with Crippen molar-refractivity contribution in [1.82, 2.24) is 21.3 Å². The van der Waals surface area contributed by atoms with E-state index in [9.17, 15) is 33.9 Å². The van der Waals surface area contributed by atoms with Gasteiger partial charge in [-0.05, 0) is 48.2 Å². The van der Waals surface area contributed by atoms with E-state index in [2.05, 4.69) is 21.3 Å². The highest BCUT2D eigenvalue weighted by atomic mass is 32.2. The summed E-state index contributed by atoms with van der Waals surface area (Å²) in [6.07, 6.45) is 1.35. The molecular weight excluding hydrogens is 540 g/mol. The van der Waals surface area contributed by atoms with Gasteiger partial charge in [0.05, 0.1) is 37.9 Å². The van der Waals surface area contributed by atoms with Crippen LogP contribution in [0.1, 0.15) is 38.2 Å². The second-order valence-electron chi connectivity index (χ2n) is 8.84. The van der Waals surface area contributed by atoms with Gasteiger partial charge >= 0.3 is 5.97 Å². The highest BCUT2D eigenvalue weighted by Gasteiger charge is 2.14. The Balaban J connectivity index is 1.55. The van der Waals surface area contributed by atoms with Crippen molar-refractivity contribution in [3.8, 4) is 5.75 Å². The molecule has 0 spiro atoms. The number of hydrogen-bond donors (Lipinski definition) is 5. The van der Waals surface area contributed by atoms with Gasteiger partial charge in [0.1, 0.15) is 5.75 Å². The lowest BCUT2D eigenvalue weighted by Gasteiger charge is -2.11. The van der Waals surface area contributed by atoms with E-state index in [4.69, 9.17) is 4.74 Å². The molecule has 40 heavy (non-hydrogen) atoms. The summed E-state index contributed by atoms with van der Waals surface area (Å²) in [5.74, 6) is -2.83. The summed E-state index contributed by atoms with van der Waals surface area (Å²) >= 11 is 0.825. The molecule has 0 aromatic heterocycles. The molecule has 0 fully saturated rings. The molecule has 1 atom stereocenters. The Morgan fingerprint density at radius 3 is 2.00 bits per heavy atom. The van der Waals surface area contributed by atoms with Gasteiger partial charge in [-0.3, -0.25) is 28.8 Å². The number of carbonyl (C=O) groups excluding carboxylic acids is 5. The molecular formula is C27H34N4O8S. The molecule has 0 aliphatic heterocycles. The number of amides is 4. The molecule has 0 heterocycles. The van der Waals surface area contributed by atoms with Gasteiger partial charge in [-0.25, -0.2) is 0 Å². The summed E-state index contributed by atoms with van der Waals surface area (Å²) < 4.78 is 5.78. The molecule has 13 heteroatoms. The zero-order valence-electron chi connectivity index (χ0n) is 22.4. The number of benzene rings is 2. The van der Waals surface area contributed by atoms with Gasteiger partial charge in [0.15, 0.2) is 5.12 Å². The molecule has 0 bridgehead atoms. The zero-order chi connectivity index (χ0) is 29.5. The zero-order valence-corrected chi connectivity index (χ0v) is 23.2. The molecule has 216 valence electrons. The minimum atomic E-state index is -0.871. The Labute approximate surface area is 236 Å². The third-order valence-electron chi connectivity index (χ3n) is 5.61. The minimum Gasteiger partial charge on any atom is -0.494 e. The normalized spacial score (nSPS) is 11.2. The third-order valence-corrected chi connectivity index (χ3v) is 6.43. The summed E-state index contributed by atoms with van der Waals surface area (Å²) in [4.78, 5) is 68.8. The molecule has 5 N–H and O–H groups in total. The standard InChI is InChI=1S/C27H34N4O8S/c1-17(27(37)38)19-5-6-21-12-22(8-7-20(21)11-19)39-10-4-3-9-28-23(33)13-29-24(34)14-30-25(35)15-31-26(36)16-40-18(2)32/h5-8,11-12,17H,3-4,9-10,13-16H2,1-2H3,(H,28,33)(H,29,34)(H,30,35)(H,31,36)(H,37,38)/t17-/m0/s1. The number of fused-ring (bicyclic) bond motifs is 1. The number of unbranched alkanes of at least 4 members (excludes halogenated alkanes) is 1.